The van der Waals surface area contributed by atoms with Gasteiger partial charge in [0, 0.05) is 42.6 Å². The Morgan fingerprint density at radius 3 is 2.69 bits per heavy atom. The molecule has 2 aromatic heterocycles. The SMILES string of the molecule is [2H]OC(=O)[C@]1(Cn2cccn2)C[C@H](COC)[C@H](c2nccs2)N1C(=O)c1ccc(C(C)(C)C)c(OC)c1. The lowest BCUT2D eigenvalue weighted by Gasteiger charge is -2.37. The van der Waals surface area contributed by atoms with Crippen LogP contribution in [0.4, 0.5) is 0 Å². The number of thiazole rings is 1. The number of rotatable bonds is 8. The summed E-state index contributed by atoms with van der Waals surface area (Å²) >= 11 is 1.40. The minimum Gasteiger partial charge on any atom is -0.496 e. The van der Waals surface area contributed by atoms with Gasteiger partial charge in [0.2, 0.25) is 0 Å². The molecule has 4 rings (SSSR count). The minimum atomic E-state index is -1.51. The highest BCUT2D eigenvalue weighted by Crippen LogP contribution is 2.49. The predicted octanol–water partition coefficient (Wildman–Crippen LogP) is 4.02. The summed E-state index contributed by atoms with van der Waals surface area (Å²) in [6.45, 7) is 6.51. The van der Waals surface area contributed by atoms with Crippen LogP contribution in [-0.2, 0) is 21.5 Å². The number of benzene rings is 1. The highest BCUT2D eigenvalue weighted by atomic mass is 32.1. The maximum Gasteiger partial charge on any atom is 0.331 e. The second kappa shape index (κ2) is 10.0. The summed E-state index contributed by atoms with van der Waals surface area (Å²) in [5.74, 6) is -0.923. The Morgan fingerprint density at radius 1 is 1.31 bits per heavy atom. The van der Waals surface area contributed by atoms with E-state index in [0.29, 0.717) is 16.3 Å². The van der Waals surface area contributed by atoms with Crippen LogP contribution in [0.15, 0.2) is 48.2 Å². The Hall–Kier alpha value is -3.24. The Morgan fingerprint density at radius 2 is 2.11 bits per heavy atom. The molecule has 9 nitrogen and oxygen atoms in total. The van der Waals surface area contributed by atoms with Crippen LogP contribution in [0.1, 0.15) is 54.2 Å². The Kier molecular flexibility index (Phi) is 6.81. The van der Waals surface area contributed by atoms with Crippen molar-refractivity contribution in [3.8, 4) is 5.75 Å². The molecule has 1 aromatic carbocycles. The van der Waals surface area contributed by atoms with Crippen LogP contribution in [0.2, 0.25) is 0 Å². The normalized spacial score (nSPS) is 22.4. The number of carboxylic acid groups (broad SMARTS) is 1. The van der Waals surface area contributed by atoms with E-state index in [4.69, 9.17) is 10.9 Å². The minimum absolute atomic E-state index is 0.0166. The predicted molar refractivity (Wildman–Crippen MR) is 135 cm³/mol. The van der Waals surface area contributed by atoms with Crippen molar-refractivity contribution in [3.63, 3.8) is 0 Å². The quantitative estimate of drug-likeness (QED) is 0.485. The fourth-order valence-electron chi connectivity index (χ4n) is 5.13. The van der Waals surface area contributed by atoms with Gasteiger partial charge in [0.25, 0.3) is 7.34 Å². The first-order chi connectivity index (χ1) is 17.7. The first kappa shape index (κ1) is 24.5. The van der Waals surface area contributed by atoms with E-state index in [0.717, 1.165) is 5.56 Å². The van der Waals surface area contributed by atoms with Crippen LogP contribution in [-0.4, -0.2) is 63.0 Å². The van der Waals surface area contributed by atoms with Crippen LogP contribution in [0.3, 0.4) is 0 Å². The Balaban J connectivity index is 1.90. The van der Waals surface area contributed by atoms with E-state index in [-0.39, 0.29) is 30.9 Å². The molecular weight excluding hydrogens is 480 g/mol. The highest BCUT2D eigenvalue weighted by Gasteiger charge is 2.60. The lowest BCUT2D eigenvalue weighted by atomic mass is 9.85. The number of carbonyl (C=O) groups excluding carboxylic acids is 1. The summed E-state index contributed by atoms with van der Waals surface area (Å²) < 4.78 is 20.3. The molecule has 1 aliphatic heterocycles. The second-order valence-corrected chi connectivity index (χ2v) is 11.0. The smallest absolute Gasteiger partial charge is 0.331 e. The number of amides is 1. The molecule has 0 spiro atoms. The molecule has 0 aliphatic carbocycles. The van der Waals surface area contributed by atoms with Gasteiger partial charge < -0.3 is 19.5 Å². The molecule has 1 saturated heterocycles. The van der Waals surface area contributed by atoms with Gasteiger partial charge >= 0.3 is 5.97 Å². The van der Waals surface area contributed by atoms with Crippen molar-refractivity contribution in [1.82, 2.24) is 19.7 Å². The van der Waals surface area contributed by atoms with Crippen LogP contribution < -0.4 is 4.74 Å². The number of nitrogens with zero attached hydrogens (tertiary/aromatic N) is 4. The van der Waals surface area contributed by atoms with Gasteiger partial charge in [0.05, 0.1) is 26.3 Å². The number of hydrogen-bond donors (Lipinski definition) is 1. The number of likely N-dealkylation sites (tertiary alicyclic amines) is 1. The van der Waals surface area contributed by atoms with Crippen molar-refractivity contribution < 1.29 is 24.2 Å². The van der Waals surface area contributed by atoms with E-state index in [2.05, 4.69) is 36.0 Å². The van der Waals surface area contributed by atoms with Gasteiger partial charge in [-0.25, -0.2) is 9.78 Å². The lowest BCUT2D eigenvalue weighted by molar-refractivity contribution is -0.150. The van der Waals surface area contributed by atoms with Crippen LogP contribution >= 0.6 is 11.3 Å². The van der Waals surface area contributed by atoms with Gasteiger partial charge in [-0.15, -0.1) is 11.3 Å². The third-order valence-corrected chi connectivity index (χ3v) is 7.56. The fourth-order valence-corrected chi connectivity index (χ4v) is 5.95. The Labute approximate surface area is 216 Å². The number of aliphatic carboxylic acids is 1. The molecule has 0 radical (unpaired) electrons. The molecule has 3 aromatic rings. The second-order valence-electron chi connectivity index (χ2n) is 10.1. The number of ether oxygens (including phenoxy) is 2. The fraction of sp³-hybridized carbons (Fsp3) is 0.462. The molecule has 36 heavy (non-hydrogen) atoms. The van der Waals surface area contributed by atoms with E-state index < -0.39 is 23.5 Å². The summed E-state index contributed by atoms with van der Waals surface area (Å²) in [6.07, 6.45) is 5.20. The number of hydrogen-bond acceptors (Lipinski definition) is 8. The Bertz CT molecular complexity index is 1230. The monoisotopic (exact) mass is 513 g/mol. The standard InChI is InChI=1S/C26H32N4O5S/c1-25(2,3)19-8-7-17(13-20(19)35-5)23(31)30-21(22-27-10-12-36-22)18(15-34-4)14-26(30,24(32)33)16-29-11-6-9-28-29/h6-13,18,21H,14-16H2,1-5H3,(H,32,33)/t18-,21-,26-/m1/s1/i/hD. The van der Waals surface area contributed by atoms with Gasteiger partial charge in [-0.1, -0.05) is 26.8 Å². The van der Waals surface area contributed by atoms with Crippen molar-refractivity contribution in [2.24, 2.45) is 5.92 Å². The van der Waals surface area contributed by atoms with Gasteiger partial charge in [-0.05, 0) is 35.6 Å². The highest BCUT2D eigenvalue weighted by molar-refractivity contribution is 7.09. The molecule has 0 unspecified atom stereocenters. The molecule has 1 fully saturated rings. The van der Waals surface area contributed by atoms with E-state index in [9.17, 15) is 9.59 Å². The molecule has 1 amide bonds. The summed E-state index contributed by atoms with van der Waals surface area (Å²) in [6, 6.07) is 6.50. The van der Waals surface area contributed by atoms with Crippen molar-refractivity contribution in [1.29, 1.82) is 1.43 Å². The first-order valence-electron chi connectivity index (χ1n) is 12.1. The van der Waals surface area contributed by atoms with Crippen molar-refractivity contribution in [3.05, 3.63) is 64.4 Å². The van der Waals surface area contributed by atoms with E-state index in [1.54, 1.807) is 55.7 Å². The molecule has 3 heterocycles. The molecule has 1 aliphatic rings. The maximum atomic E-state index is 14.4. The van der Waals surface area contributed by atoms with Crippen molar-refractivity contribution in [2.75, 3.05) is 20.8 Å². The summed E-state index contributed by atoms with van der Waals surface area (Å²) in [7, 11) is 3.15. The summed E-state index contributed by atoms with van der Waals surface area (Å²) in [4.78, 5) is 33.9. The summed E-state index contributed by atoms with van der Waals surface area (Å²) in [5, 5.41) is 11.4. The maximum absolute atomic E-state index is 14.4. The molecule has 1 N–H and O–H groups in total. The third kappa shape index (κ3) is 4.62. The lowest BCUT2D eigenvalue weighted by Crippen LogP contribution is -2.56. The molecular formula is C26H32N4O5S. The largest absolute Gasteiger partial charge is 0.496 e. The van der Waals surface area contributed by atoms with Gasteiger partial charge in [-0.3, -0.25) is 9.48 Å². The average Bonchev–Trinajstić information content (AvgIpc) is 3.64. The molecule has 3 atom stereocenters. The van der Waals surface area contributed by atoms with Crippen molar-refractivity contribution in [2.45, 2.75) is 50.7 Å². The van der Waals surface area contributed by atoms with Crippen molar-refractivity contribution >= 4 is 23.2 Å². The van der Waals surface area contributed by atoms with E-state index in [1.165, 1.54) is 16.2 Å². The third-order valence-electron chi connectivity index (χ3n) is 6.71. The van der Waals surface area contributed by atoms with Crippen LogP contribution in [0.25, 0.3) is 1.43 Å². The number of methoxy groups -OCH3 is 2. The topological polar surface area (TPSA) is 107 Å². The molecule has 0 bridgehead atoms. The van der Waals surface area contributed by atoms with Crippen LogP contribution in [0, 0.1) is 5.92 Å². The van der Waals surface area contributed by atoms with Gasteiger partial charge in [-0.2, -0.15) is 5.10 Å². The first-order valence-corrected chi connectivity index (χ1v) is 12.6. The van der Waals surface area contributed by atoms with Gasteiger partial charge in [0.15, 0.2) is 5.54 Å². The average molecular weight is 514 g/mol. The zero-order valence-corrected chi connectivity index (χ0v) is 21.9. The zero-order valence-electron chi connectivity index (χ0n) is 22.1. The zero-order chi connectivity index (χ0) is 26.8. The van der Waals surface area contributed by atoms with E-state index in [1.807, 2.05) is 11.4 Å². The number of aromatic nitrogens is 3. The van der Waals surface area contributed by atoms with E-state index >= 15 is 0 Å². The molecule has 10 heteroatoms. The van der Waals surface area contributed by atoms with Crippen LogP contribution in [0.5, 0.6) is 5.75 Å². The summed E-state index contributed by atoms with van der Waals surface area (Å²) in [5.41, 5.74) is -0.408. The number of carboxylic acids is 1. The molecule has 192 valence electrons. The number of carbonyl (C=O) groups is 2. The van der Waals surface area contributed by atoms with Gasteiger partial charge in [0.1, 0.15) is 10.8 Å². The molecule has 0 saturated carbocycles.